The summed E-state index contributed by atoms with van der Waals surface area (Å²) in [4.78, 5) is 4.86. The van der Waals surface area contributed by atoms with E-state index in [0.717, 1.165) is 17.6 Å². The Labute approximate surface area is 112 Å². The summed E-state index contributed by atoms with van der Waals surface area (Å²) in [5, 5.41) is 0.582. The van der Waals surface area contributed by atoms with Crippen LogP contribution in [0, 0.1) is 0 Å². The fraction of sp³-hybridized carbons (Fsp3) is 0.500. The smallest absolute Gasteiger partial charge is 0.123 e. The second-order valence-corrected chi connectivity index (χ2v) is 6.05. The van der Waals surface area contributed by atoms with Gasteiger partial charge in [0.1, 0.15) is 5.82 Å². The Kier molecular flexibility index (Phi) is 3.31. The van der Waals surface area contributed by atoms with Gasteiger partial charge in [-0.25, -0.2) is 4.98 Å². The summed E-state index contributed by atoms with van der Waals surface area (Å²) in [5.41, 5.74) is 9.21. The van der Waals surface area contributed by atoms with Crippen LogP contribution in [0.25, 0.3) is 11.0 Å². The summed E-state index contributed by atoms with van der Waals surface area (Å²) in [6.45, 7) is 3.77. The zero-order chi connectivity index (χ0) is 12.5. The molecule has 3 rings (SSSR count). The van der Waals surface area contributed by atoms with Crippen LogP contribution in [0.1, 0.15) is 36.4 Å². The van der Waals surface area contributed by atoms with Gasteiger partial charge in [0.2, 0.25) is 0 Å². The largest absolute Gasteiger partial charge is 0.327 e. The minimum Gasteiger partial charge on any atom is -0.327 e. The number of imidazole rings is 1. The van der Waals surface area contributed by atoms with Crippen LogP contribution in [0.2, 0.25) is 0 Å². The molecular weight excluding hydrogens is 242 g/mol. The Morgan fingerprint density at radius 3 is 3.06 bits per heavy atom. The molecule has 0 spiro atoms. The average molecular weight is 261 g/mol. The average Bonchev–Trinajstić information content (AvgIpc) is 3.04. The van der Waals surface area contributed by atoms with E-state index in [0.29, 0.717) is 11.8 Å². The molecule has 0 amide bonds. The first-order valence-electron chi connectivity index (χ1n) is 6.64. The second kappa shape index (κ2) is 4.94. The quantitative estimate of drug-likeness (QED) is 0.923. The van der Waals surface area contributed by atoms with E-state index in [4.69, 9.17) is 10.7 Å². The van der Waals surface area contributed by atoms with Crippen molar-refractivity contribution in [3.8, 4) is 0 Å². The summed E-state index contributed by atoms with van der Waals surface area (Å²) in [5.74, 6) is 2.52. The Hall–Kier alpha value is -1.00. The maximum atomic E-state index is 5.70. The first-order chi connectivity index (χ1) is 8.83. The maximum Gasteiger partial charge on any atom is 0.123 e. The van der Waals surface area contributed by atoms with Crippen molar-refractivity contribution < 1.29 is 0 Å². The Morgan fingerprint density at radius 2 is 2.39 bits per heavy atom. The Morgan fingerprint density at radius 1 is 1.50 bits per heavy atom. The molecule has 3 nitrogen and oxygen atoms in total. The van der Waals surface area contributed by atoms with E-state index in [2.05, 4.69) is 29.7 Å². The topological polar surface area (TPSA) is 43.8 Å². The van der Waals surface area contributed by atoms with Crippen molar-refractivity contribution in [1.82, 2.24) is 9.55 Å². The van der Waals surface area contributed by atoms with Crippen molar-refractivity contribution in [2.24, 2.45) is 5.73 Å². The van der Waals surface area contributed by atoms with E-state index < -0.39 is 0 Å². The molecule has 96 valence electrons. The number of benzene rings is 1. The number of hydrogen-bond acceptors (Lipinski definition) is 3. The molecule has 18 heavy (non-hydrogen) atoms. The van der Waals surface area contributed by atoms with Gasteiger partial charge in [0.25, 0.3) is 0 Å². The normalized spacial score (nSPS) is 19.8. The summed E-state index contributed by atoms with van der Waals surface area (Å²) in [7, 11) is 0. The molecule has 1 aliphatic heterocycles. The molecule has 1 aromatic heterocycles. The number of hydrogen-bond donors (Lipinski definition) is 1. The molecule has 0 aliphatic carbocycles. The monoisotopic (exact) mass is 261 g/mol. The van der Waals surface area contributed by atoms with Gasteiger partial charge in [-0.3, -0.25) is 0 Å². The molecule has 1 fully saturated rings. The first-order valence-corrected chi connectivity index (χ1v) is 7.69. The van der Waals surface area contributed by atoms with Crippen LogP contribution in [0.15, 0.2) is 18.2 Å². The van der Waals surface area contributed by atoms with E-state index in [1.54, 1.807) is 0 Å². The molecule has 1 aliphatic rings. The molecule has 0 bridgehead atoms. The first kappa shape index (κ1) is 12.1. The van der Waals surface area contributed by atoms with Crippen LogP contribution in [0.4, 0.5) is 0 Å². The van der Waals surface area contributed by atoms with Crippen LogP contribution >= 0.6 is 11.8 Å². The zero-order valence-corrected chi connectivity index (χ0v) is 11.5. The minimum atomic E-state index is 0.582. The summed E-state index contributed by atoms with van der Waals surface area (Å²) < 4.78 is 2.36. The molecule has 2 N–H and O–H groups in total. The van der Waals surface area contributed by atoms with Gasteiger partial charge in [0, 0.05) is 13.1 Å². The number of rotatable bonds is 3. The number of nitrogens with zero attached hydrogens (tertiary/aromatic N) is 2. The minimum absolute atomic E-state index is 0.582. The fourth-order valence-corrected chi connectivity index (χ4v) is 3.96. The molecule has 0 saturated carbocycles. The van der Waals surface area contributed by atoms with Crippen molar-refractivity contribution in [3.05, 3.63) is 29.6 Å². The van der Waals surface area contributed by atoms with Gasteiger partial charge in [-0.1, -0.05) is 6.07 Å². The lowest BCUT2D eigenvalue weighted by atomic mass is 10.2. The van der Waals surface area contributed by atoms with Gasteiger partial charge in [0.15, 0.2) is 0 Å². The van der Waals surface area contributed by atoms with Gasteiger partial charge < -0.3 is 10.3 Å². The maximum absolute atomic E-state index is 5.70. The lowest BCUT2D eigenvalue weighted by Crippen LogP contribution is -2.03. The third-order valence-corrected chi connectivity index (χ3v) is 4.99. The van der Waals surface area contributed by atoms with Crippen LogP contribution in [-0.4, -0.2) is 15.3 Å². The SMILES string of the molecule is CCn1c(C2CCCS2)nc2cc(CN)ccc21. The van der Waals surface area contributed by atoms with E-state index in [1.165, 1.54) is 29.9 Å². The molecule has 1 saturated heterocycles. The molecular formula is C14H19N3S. The van der Waals surface area contributed by atoms with Crippen molar-refractivity contribution >= 4 is 22.8 Å². The van der Waals surface area contributed by atoms with Crippen molar-refractivity contribution in [2.45, 2.75) is 38.1 Å². The zero-order valence-electron chi connectivity index (χ0n) is 10.7. The Bertz CT molecular complexity index is 555. The highest BCUT2D eigenvalue weighted by molar-refractivity contribution is 7.99. The summed E-state index contributed by atoms with van der Waals surface area (Å²) in [6.07, 6.45) is 2.58. The number of nitrogens with two attached hydrogens (primary N) is 1. The Balaban J connectivity index is 2.12. The third kappa shape index (κ3) is 1.93. The van der Waals surface area contributed by atoms with Gasteiger partial charge in [-0.15, -0.1) is 0 Å². The number of fused-ring (bicyclic) bond motifs is 1. The van der Waals surface area contributed by atoms with Crippen LogP contribution in [0.3, 0.4) is 0 Å². The predicted molar refractivity (Wildman–Crippen MR) is 77.7 cm³/mol. The van der Waals surface area contributed by atoms with Gasteiger partial charge in [0.05, 0.1) is 16.3 Å². The summed E-state index contributed by atoms with van der Waals surface area (Å²) in [6, 6.07) is 6.41. The molecule has 0 radical (unpaired) electrons. The lowest BCUT2D eigenvalue weighted by Gasteiger charge is -2.10. The molecule has 4 heteroatoms. The molecule has 2 aromatic rings. The van der Waals surface area contributed by atoms with Gasteiger partial charge >= 0.3 is 0 Å². The fourth-order valence-electron chi connectivity index (χ4n) is 2.68. The van der Waals surface area contributed by atoms with Gasteiger partial charge in [-0.2, -0.15) is 11.8 Å². The lowest BCUT2D eigenvalue weighted by molar-refractivity contribution is 0.683. The number of thioether (sulfide) groups is 1. The molecule has 1 atom stereocenters. The number of aromatic nitrogens is 2. The second-order valence-electron chi connectivity index (χ2n) is 4.74. The number of aryl methyl sites for hydroxylation is 1. The van der Waals surface area contributed by atoms with E-state index in [-0.39, 0.29) is 0 Å². The van der Waals surface area contributed by atoms with Crippen LogP contribution in [-0.2, 0) is 13.1 Å². The van der Waals surface area contributed by atoms with Crippen LogP contribution in [0.5, 0.6) is 0 Å². The standard InChI is InChI=1S/C14H19N3S/c1-2-17-12-6-5-10(9-15)8-11(12)16-14(17)13-4-3-7-18-13/h5-6,8,13H,2-4,7,9,15H2,1H3. The predicted octanol–water partition coefficient (Wildman–Crippen LogP) is 3.08. The highest BCUT2D eigenvalue weighted by Crippen LogP contribution is 2.40. The van der Waals surface area contributed by atoms with Crippen molar-refractivity contribution in [3.63, 3.8) is 0 Å². The highest BCUT2D eigenvalue weighted by atomic mass is 32.2. The molecule has 2 heterocycles. The molecule has 1 unspecified atom stereocenters. The van der Waals surface area contributed by atoms with Crippen molar-refractivity contribution in [2.75, 3.05) is 5.75 Å². The van der Waals surface area contributed by atoms with Gasteiger partial charge in [-0.05, 0) is 43.2 Å². The highest BCUT2D eigenvalue weighted by Gasteiger charge is 2.23. The van der Waals surface area contributed by atoms with Crippen LogP contribution < -0.4 is 5.73 Å². The third-order valence-electron chi connectivity index (χ3n) is 3.61. The summed E-state index contributed by atoms with van der Waals surface area (Å²) >= 11 is 2.04. The van der Waals surface area contributed by atoms with E-state index in [1.807, 2.05) is 11.8 Å². The van der Waals surface area contributed by atoms with E-state index in [9.17, 15) is 0 Å². The van der Waals surface area contributed by atoms with Crippen molar-refractivity contribution in [1.29, 1.82) is 0 Å². The molecule has 1 aromatic carbocycles. The van der Waals surface area contributed by atoms with E-state index >= 15 is 0 Å².